The number of benzene rings is 2. The van der Waals surface area contributed by atoms with Crippen molar-refractivity contribution < 1.29 is 27.5 Å². The van der Waals surface area contributed by atoms with E-state index in [0.29, 0.717) is 23.3 Å². The number of rotatable bonds is 11. The van der Waals surface area contributed by atoms with E-state index in [0.717, 1.165) is 29.5 Å². The third-order valence-corrected chi connectivity index (χ3v) is 6.12. The van der Waals surface area contributed by atoms with Gasteiger partial charge in [-0.1, -0.05) is 36.0 Å². The lowest BCUT2D eigenvalue weighted by Crippen LogP contribution is -2.30. The molecule has 2 N–H and O–H groups in total. The number of hydrogen-bond donors (Lipinski definition) is 2. The molecule has 0 aliphatic carbocycles. The number of aromatic nitrogens is 3. The van der Waals surface area contributed by atoms with Crippen molar-refractivity contribution in [3.8, 4) is 5.75 Å². The van der Waals surface area contributed by atoms with Crippen LogP contribution in [0.2, 0.25) is 0 Å². The predicted molar refractivity (Wildman–Crippen MR) is 134 cm³/mol. The number of allylic oxidation sites excluding steroid dienone is 1. The Bertz CT molecular complexity index is 1250. The number of halogens is 3. The third-order valence-electron chi connectivity index (χ3n) is 5.15. The molecule has 3 aromatic rings. The summed E-state index contributed by atoms with van der Waals surface area (Å²) in [6.07, 6.45) is -2.71. The Morgan fingerprint density at radius 1 is 1.16 bits per heavy atom. The first kappa shape index (κ1) is 27.8. The summed E-state index contributed by atoms with van der Waals surface area (Å²) in [5.74, 6) is 0.358. The van der Waals surface area contributed by atoms with Gasteiger partial charge in [-0.3, -0.25) is 9.59 Å². The Labute approximate surface area is 216 Å². The summed E-state index contributed by atoms with van der Waals surface area (Å²) in [4.78, 5) is 24.9. The predicted octanol–water partition coefficient (Wildman–Crippen LogP) is 4.64. The third kappa shape index (κ3) is 7.84. The second-order valence-electron chi connectivity index (χ2n) is 7.97. The SMILES string of the molecule is C=CCn1c(SCC(=O)Nc2cccc(C(F)(F)F)c2)nnc1C(C)NC(=O)Cc1ccc(OC)cc1. The zero-order chi connectivity index (χ0) is 27.0. The lowest BCUT2D eigenvalue weighted by Gasteiger charge is -2.15. The minimum absolute atomic E-state index is 0.0434. The minimum Gasteiger partial charge on any atom is -0.497 e. The van der Waals surface area contributed by atoms with Crippen molar-refractivity contribution in [2.45, 2.75) is 37.3 Å². The molecule has 1 aromatic heterocycles. The Kier molecular flexibility index (Phi) is 9.34. The molecule has 0 spiro atoms. The van der Waals surface area contributed by atoms with E-state index in [2.05, 4.69) is 27.4 Å². The molecule has 37 heavy (non-hydrogen) atoms. The first-order valence-electron chi connectivity index (χ1n) is 11.2. The van der Waals surface area contributed by atoms with Gasteiger partial charge in [0.25, 0.3) is 0 Å². The first-order valence-corrected chi connectivity index (χ1v) is 12.2. The minimum atomic E-state index is -4.51. The van der Waals surface area contributed by atoms with Gasteiger partial charge in [0.05, 0.1) is 30.9 Å². The van der Waals surface area contributed by atoms with E-state index in [4.69, 9.17) is 4.74 Å². The maximum absolute atomic E-state index is 12.9. The summed E-state index contributed by atoms with van der Waals surface area (Å²) in [6.45, 7) is 5.83. The van der Waals surface area contributed by atoms with Gasteiger partial charge in [0.15, 0.2) is 11.0 Å². The number of hydrogen-bond acceptors (Lipinski definition) is 6. The highest BCUT2D eigenvalue weighted by atomic mass is 32.2. The van der Waals surface area contributed by atoms with E-state index < -0.39 is 23.7 Å². The molecule has 2 aromatic carbocycles. The fraction of sp³-hybridized carbons (Fsp3) is 0.280. The second kappa shape index (κ2) is 12.4. The lowest BCUT2D eigenvalue weighted by molar-refractivity contribution is -0.137. The van der Waals surface area contributed by atoms with Crippen molar-refractivity contribution in [3.05, 3.63) is 78.1 Å². The van der Waals surface area contributed by atoms with Crippen molar-refractivity contribution in [3.63, 3.8) is 0 Å². The summed E-state index contributed by atoms with van der Waals surface area (Å²) in [6, 6.07) is 11.1. The lowest BCUT2D eigenvalue weighted by atomic mass is 10.1. The van der Waals surface area contributed by atoms with Crippen LogP contribution in [0.1, 0.15) is 29.9 Å². The number of thioether (sulfide) groups is 1. The quantitative estimate of drug-likeness (QED) is 0.275. The summed E-state index contributed by atoms with van der Waals surface area (Å²) >= 11 is 1.07. The van der Waals surface area contributed by atoms with Crippen LogP contribution in [-0.4, -0.2) is 39.4 Å². The first-order chi connectivity index (χ1) is 17.6. The van der Waals surface area contributed by atoms with Gasteiger partial charge in [-0.2, -0.15) is 13.2 Å². The van der Waals surface area contributed by atoms with Gasteiger partial charge in [0, 0.05) is 12.2 Å². The molecule has 0 aliphatic rings. The van der Waals surface area contributed by atoms with Gasteiger partial charge >= 0.3 is 6.18 Å². The van der Waals surface area contributed by atoms with Crippen LogP contribution in [0.15, 0.2) is 66.3 Å². The maximum Gasteiger partial charge on any atom is 0.416 e. The van der Waals surface area contributed by atoms with Gasteiger partial charge in [-0.05, 0) is 42.8 Å². The highest BCUT2D eigenvalue weighted by molar-refractivity contribution is 7.99. The van der Waals surface area contributed by atoms with Crippen LogP contribution < -0.4 is 15.4 Å². The van der Waals surface area contributed by atoms with Gasteiger partial charge in [0.1, 0.15) is 5.75 Å². The molecule has 1 unspecified atom stereocenters. The molecule has 0 fully saturated rings. The number of carbonyl (C=O) groups excluding carboxylic acids is 2. The number of nitrogens with zero attached hydrogens (tertiary/aromatic N) is 3. The summed E-state index contributed by atoms with van der Waals surface area (Å²) < 4.78 is 45.5. The van der Waals surface area contributed by atoms with Gasteiger partial charge in [-0.15, -0.1) is 16.8 Å². The van der Waals surface area contributed by atoms with Crippen molar-refractivity contribution >= 4 is 29.3 Å². The molecule has 1 atom stereocenters. The van der Waals surface area contributed by atoms with Crippen molar-refractivity contribution in [2.24, 2.45) is 0 Å². The number of methoxy groups -OCH3 is 1. The Hall–Kier alpha value is -3.80. The van der Waals surface area contributed by atoms with Gasteiger partial charge in [-0.25, -0.2) is 0 Å². The topological polar surface area (TPSA) is 98.1 Å². The van der Waals surface area contributed by atoms with E-state index >= 15 is 0 Å². The normalized spacial score (nSPS) is 12.0. The average molecular weight is 534 g/mol. The number of alkyl halides is 3. The van der Waals surface area contributed by atoms with Crippen LogP contribution in [0, 0.1) is 0 Å². The molecule has 3 rings (SSSR count). The van der Waals surface area contributed by atoms with Crippen molar-refractivity contribution in [1.82, 2.24) is 20.1 Å². The van der Waals surface area contributed by atoms with Crippen molar-refractivity contribution in [2.75, 3.05) is 18.2 Å². The van der Waals surface area contributed by atoms with Crippen molar-refractivity contribution in [1.29, 1.82) is 0 Å². The number of nitrogens with one attached hydrogen (secondary N) is 2. The molecule has 12 heteroatoms. The smallest absolute Gasteiger partial charge is 0.416 e. The highest BCUT2D eigenvalue weighted by Crippen LogP contribution is 2.30. The maximum atomic E-state index is 12.9. The molecule has 0 aliphatic heterocycles. The van der Waals surface area contributed by atoms with E-state index in [-0.39, 0.29) is 23.8 Å². The van der Waals surface area contributed by atoms with E-state index in [9.17, 15) is 22.8 Å². The number of carbonyl (C=O) groups is 2. The fourth-order valence-electron chi connectivity index (χ4n) is 3.41. The average Bonchev–Trinajstić information content (AvgIpc) is 3.25. The summed E-state index contributed by atoms with van der Waals surface area (Å²) in [5.41, 5.74) is 0.0132. The van der Waals surface area contributed by atoms with E-state index in [1.54, 1.807) is 36.8 Å². The van der Waals surface area contributed by atoms with Crippen LogP contribution >= 0.6 is 11.8 Å². The highest BCUT2D eigenvalue weighted by Gasteiger charge is 2.30. The van der Waals surface area contributed by atoms with Crippen LogP contribution in [0.3, 0.4) is 0 Å². The molecular weight excluding hydrogens is 507 g/mol. The van der Waals surface area contributed by atoms with Crippen LogP contribution in [0.4, 0.5) is 18.9 Å². The molecule has 196 valence electrons. The van der Waals surface area contributed by atoms with Gasteiger partial charge < -0.3 is 19.9 Å². The zero-order valence-corrected chi connectivity index (χ0v) is 21.0. The largest absolute Gasteiger partial charge is 0.497 e. The number of amides is 2. The van der Waals surface area contributed by atoms with Gasteiger partial charge in [0.2, 0.25) is 11.8 Å². The molecule has 0 bridgehead atoms. The Morgan fingerprint density at radius 2 is 1.89 bits per heavy atom. The monoisotopic (exact) mass is 533 g/mol. The van der Waals surface area contributed by atoms with Crippen LogP contribution in [-0.2, 0) is 28.7 Å². The van der Waals surface area contributed by atoms with E-state index in [1.165, 1.54) is 12.1 Å². The molecule has 0 saturated heterocycles. The Balaban J connectivity index is 1.61. The fourth-order valence-corrected chi connectivity index (χ4v) is 4.17. The standard InChI is InChI=1S/C25H26F3N5O3S/c1-4-12-33-23(16(2)29-21(34)13-17-8-10-20(36-3)11-9-17)31-32-24(33)37-15-22(35)30-19-7-5-6-18(14-19)25(26,27)28/h4-11,14,16H,1,12-13,15H2,2-3H3,(H,29,34)(H,30,35). The molecule has 1 heterocycles. The van der Waals surface area contributed by atoms with Crippen LogP contribution in [0.25, 0.3) is 0 Å². The zero-order valence-electron chi connectivity index (χ0n) is 20.2. The Morgan fingerprint density at radius 3 is 2.54 bits per heavy atom. The molecule has 8 nitrogen and oxygen atoms in total. The molecular formula is C25H26F3N5O3S. The summed E-state index contributed by atoms with van der Waals surface area (Å²) in [5, 5.41) is 14.1. The summed E-state index contributed by atoms with van der Waals surface area (Å²) in [7, 11) is 1.57. The molecule has 0 radical (unpaired) electrons. The molecule has 0 saturated carbocycles. The van der Waals surface area contributed by atoms with E-state index in [1.807, 2.05) is 12.1 Å². The number of anilines is 1. The second-order valence-corrected chi connectivity index (χ2v) is 8.91. The van der Waals surface area contributed by atoms with Crippen LogP contribution in [0.5, 0.6) is 5.75 Å². The molecule has 2 amide bonds. The number of ether oxygens (including phenoxy) is 1.